The summed E-state index contributed by atoms with van der Waals surface area (Å²) in [5.41, 5.74) is 1.93. The molecule has 0 aromatic heterocycles. The average Bonchev–Trinajstić information content (AvgIpc) is 2.29. The van der Waals surface area contributed by atoms with Gasteiger partial charge in [0.25, 0.3) is 5.91 Å². The highest BCUT2D eigenvalue weighted by atomic mass is 16.2. The lowest BCUT2D eigenvalue weighted by Crippen LogP contribution is -2.42. The van der Waals surface area contributed by atoms with E-state index in [9.17, 15) is 4.79 Å². The van der Waals surface area contributed by atoms with E-state index in [4.69, 9.17) is 0 Å². The maximum absolute atomic E-state index is 12.4. The summed E-state index contributed by atoms with van der Waals surface area (Å²) < 4.78 is 0. The highest BCUT2D eigenvalue weighted by molar-refractivity contribution is 5.95. The minimum absolute atomic E-state index is 0.199. The van der Waals surface area contributed by atoms with Gasteiger partial charge in [-0.1, -0.05) is 18.2 Å². The lowest BCUT2D eigenvalue weighted by molar-refractivity contribution is 0.0635. The van der Waals surface area contributed by atoms with Gasteiger partial charge < -0.3 is 4.90 Å². The quantitative estimate of drug-likeness (QED) is 0.708. The van der Waals surface area contributed by atoms with Crippen molar-refractivity contribution in [3.63, 3.8) is 0 Å². The Hall–Kier alpha value is -1.31. The third-order valence-corrected chi connectivity index (χ3v) is 3.44. The van der Waals surface area contributed by atoms with Crippen LogP contribution in [0.25, 0.3) is 0 Å². The first-order valence-corrected chi connectivity index (χ1v) is 6.07. The van der Waals surface area contributed by atoms with Crippen LogP contribution in [0.4, 0.5) is 0 Å². The number of aryl methyl sites for hydroxylation is 1. The normalized spacial score (nSPS) is 20.9. The maximum Gasteiger partial charge on any atom is 0.254 e. The number of benzene rings is 1. The number of carbonyl (C=O) groups excluding carboxylic acids is 1. The molecule has 2 rings (SSSR count). The third kappa shape index (κ3) is 2.11. The molecule has 2 nitrogen and oxygen atoms in total. The van der Waals surface area contributed by atoms with Crippen molar-refractivity contribution in [1.82, 2.24) is 4.90 Å². The Labute approximate surface area is 97.3 Å². The molecule has 1 aliphatic heterocycles. The van der Waals surface area contributed by atoms with Gasteiger partial charge in [0, 0.05) is 18.2 Å². The fourth-order valence-corrected chi connectivity index (χ4v) is 2.37. The van der Waals surface area contributed by atoms with Crippen LogP contribution in [0.2, 0.25) is 0 Å². The van der Waals surface area contributed by atoms with E-state index in [2.05, 4.69) is 6.92 Å². The van der Waals surface area contributed by atoms with E-state index in [1.165, 1.54) is 6.42 Å². The number of piperidine rings is 1. The molecular formula is C14H19NO. The van der Waals surface area contributed by atoms with Crippen molar-refractivity contribution >= 4 is 5.91 Å². The van der Waals surface area contributed by atoms with E-state index in [1.807, 2.05) is 36.1 Å². The number of rotatable bonds is 1. The predicted molar refractivity (Wildman–Crippen MR) is 65.5 cm³/mol. The Bertz CT molecular complexity index is 386. The van der Waals surface area contributed by atoms with Gasteiger partial charge >= 0.3 is 0 Å². The van der Waals surface area contributed by atoms with E-state index < -0.39 is 0 Å². The molecule has 1 aromatic carbocycles. The zero-order valence-electron chi connectivity index (χ0n) is 10.1. The molecule has 1 atom stereocenters. The van der Waals surface area contributed by atoms with Gasteiger partial charge in [-0.25, -0.2) is 0 Å². The molecule has 1 fully saturated rings. The van der Waals surface area contributed by atoms with Crippen molar-refractivity contribution in [3.05, 3.63) is 35.4 Å². The van der Waals surface area contributed by atoms with Gasteiger partial charge in [-0.3, -0.25) is 4.79 Å². The van der Waals surface area contributed by atoms with Crippen molar-refractivity contribution in [2.45, 2.75) is 39.2 Å². The Morgan fingerprint density at radius 1 is 1.31 bits per heavy atom. The number of likely N-dealkylation sites (tertiary alicyclic amines) is 1. The fourth-order valence-electron chi connectivity index (χ4n) is 2.37. The van der Waals surface area contributed by atoms with Gasteiger partial charge in [0.2, 0.25) is 0 Å². The molecule has 0 N–H and O–H groups in total. The van der Waals surface area contributed by atoms with Crippen molar-refractivity contribution in [1.29, 1.82) is 0 Å². The first kappa shape index (κ1) is 11.2. The largest absolute Gasteiger partial charge is 0.336 e. The highest BCUT2D eigenvalue weighted by Crippen LogP contribution is 2.20. The lowest BCUT2D eigenvalue weighted by atomic mass is 10.0. The molecule has 0 aliphatic carbocycles. The Morgan fingerprint density at radius 3 is 2.75 bits per heavy atom. The zero-order chi connectivity index (χ0) is 11.5. The standard InChI is InChI=1S/C14H19NO/c1-11-7-3-4-9-13(11)14(16)15-10-6-5-8-12(15)2/h3-4,7,9,12H,5-6,8,10H2,1-2H3. The van der Waals surface area contributed by atoms with Crippen LogP contribution in [-0.2, 0) is 0 Å². The van der Waals surface area contributed by atoms with Crippen LogP contribution >= 0.6 is 0 Å². The molecule has 1 aliphatic rings. The monoisotopic (exact) mass is 217 g/mol. The molecule has 1 aromatic rings. The number of hydrogen-bond acceptors (Lipinski definition) is 1. The van der Waals surface area contributed by atoms with E-state index in [0.29, 0.717) is 6.04 Å². The first-order valence-electron chi connectivity index (χ1n) is 6.07. The van der Waals surface area contributed by atoms with Crippen LogP contribution in [-0.4, -0.2) is 23.4 Å². The number of hydrogen-bond donors (Lipinski definition) is 0. The molecule has 86 valence electrons. The Kier molecular flexibility index (Phi) is 3.28. The highest BCUT2D eigenvalue weighted by Gasteiger charge is 2.24. The summed E-state index contributed by atoms with van der Waals surface area (Å²) in [7, 11) is 0. The second kappa shape index (κ2) is 4.69. The second-order valence-corrected chi connectivity index (χ2v) is 4.66. The van der Waals surface area contributed by atoms with Crippen LogP contribution in [0, 0.1) is 6.92 Å². The Morgan fingerprint density at radius 2 is 2.06 bits per heavy atom. The van der Waals surface area contributed by atoms with Gasteiger partial charge in [-0.05, 0) is 44.7 Å². The molecule has 0 saturated carbocycles. The second-order valence-electron chi connectivity index (χ2n) is 4.66. The minimum Gasteiger partial charge on any atom is -0.336 e. The summed E-state index contributed by atoms with van der Waals surface area (Å²) in [6, 6.07) is 8.24. The topological polar surface area (TPSA) is 20.3 Å². The first-order chi connectivity index (χ1) is 7.70. The lowest BCUT2D eigenvalue weighted by Gasteiger charge is -2.33. The summed E-state index contributed by atoms with van der Waals surface area (Å²) in [6.45, 7) is 5.06. The Balaban J connectivity index is 2.21. The predicted octanol–water partition coefficient (Wildman–Crippen LogP) is 3.01. The van der Waals surface area contributed by atoms with Crippen LogP contribution in [0.5, 0.6) is 0 Å². The molecule has 0 radical (unpaired) electrons. The average molecular weight is 217 g/mol. The van der Waals surface area contributed by atoms with Crippen molar-refractivity contribution in [2.75, 3.05) is 6.54 Å². The summed E-state index contributed by atoms with van der Waals surface area (Å²) >= 11 is 0. The summed E-state index contributed by atoms with van der Waals surface area (Å²) in [5, 5.41) is 0. The molecule has 1 amide bonds. The number of carbonyl (C=O) groups is 1. The summed E-state index contributed by atoms with van der Waals surface area (Å²) in [4.78, 5) is 14.4. The van der Waals surface area contributed by atoms with Gasteiger partial charge in [-0.2, -0.15) is 0 Å². The van der Waals surface area contributed by atoms with Gasteiger partial charge in [0.05, 0.1) is 0 Å². The maximum atomic E-state index is 12.4. The van der Waals surface area contributed by atoms with Crippen LogP contribution in [0.1, 0.15) is 42.1 Å². The molecular weight excluding hydrogens is 198 g/mol. The molecule has 0 bridgehead atoms. The van der Waals surface area contributed by atoms with Crippen molar-refractivity contribution in [2.24, 2.45) is 0 Å². The number of nitrogens with zero attached hydrogens (tertiary/aromatic N) is 1. The van der Waals surface area contributed by atoms with Crippen LogP contribution in [0.15, 0.2) is 24.3 Å². The van der Waals surface area contributed by atoms with E-state index in [-0.39, 0.29) is 5.91 Å². The van der Waals surface area contributed by atoms with Gasteiger partial charge in [-0.15, -0.1) is 0 Å². The van der Waals surface area contributed by atoms with Crippen LogP contribution < -0.4 is 0 Å². The summed E-state index contributed by atoms with van der Waals surface area (Å²) in [6.07, 6.45) is 3.53. The molecule has 1 unspecified atom stereocenters. The molecule has 1 heterocycles. The van der Waals surface area contributed by atoms with Gasteiger partial charge in [0.1, 0.15) is 0 Å². The molecule has 1 saturated heterocycles. The van der Waals surface area contributed by atoms with Gasteiger partial charge in [0.15, 0.2) is 0 Å². The van der Waals surface area contributed by atoms with E-state index in [1.54, 1.807) is 0 Å². The summed E-state index contributed by atoms with van der Waals surface area (Å²) in [5.74, 6) is 0.199. The zero-order valence-corrected chi connectivity index (χ0v) is 10.1. The number of amides is 1. The fraction of sp³-hybridized carbons (Fsp3) is 0.500. The van der Waals surface area contributed by atoms with E-state index in [0.717, 1.165) is 30.5 Å². The SMILES string of the molecule is Cc1ccccc1C(=O)N1CCCCC1C. The smallest absolute Gasteiger partial charge is 0.254 e. The minimum atomic E-state index is 0.199. The van der Waals surface area contributed by atoms with Crippen LogP contribution in [0.3, 0.4) is 0 Å². The molecule has 2 heteroatoms. The van der Waals surface area contributed by atoms with Crippen molar-refractivity contribution < 1.29 is 4.79 Å². The molecule has 0 spiro atoms. The third-order valence-electron chi connectivity index (χ3n) is 3.44. The van der Waals surface area contributed by atoms with Crippen molar-refractivity contribution in [3.8, 4) is 0 Å². The molecule has 16 heavy (non-hydrogen) atoms. The van der Waals surface area contributed by atoms with E-state index >= 15 is 0 Å².